The predicted octanol–water partition coefficient (Wildman–Crippen LogP) is 2.98. The molecule has 4 nitrogen and oxygen atoms in total. The third kappa shape index (κ3) is 7.05. The molecule has 0 aliphatic rings. The van der Waals surface area contributed by atoms with Crippen LogP contribution in [0.15, 0.2) is 5.51 Å². The molecule has 17 heavy (non-hydrogen) atoms. The summed E-state index contributed by atoms with van der Waals surface area (Å²) in [5.74, 6) is -0.199. The monoisotopic (exact) mass is 256 g/mol. The Morgan fingerprint density at radius 2 is 2.06 bits per heavy atom. The molecule has 0 aromatic carbocycles. The molecule has 1 heterocycles. The van der Waals surface area contributed by atoms with Crippen molar-refractivity contribution < 1.29 is 9.53 Å². The molecule has 0 saturated heterocycles. The van der Waals surface area contributed by atoms with Crippen LogP contribution in [-0.2, 0) is 16.0 Å². The van der Waals surface area contributed by atoms with E-state index >= 15 is 0 Å². The lowest BCUT2D eigenvalue weighted by atomic mass is 10.1. The first kappa shape index (κ1) is 14.1. The van der Waals surface area contributed by atoms with Gasteiger partial charge in [-0.15, -0.1) is 21.5 Å². The van der Waals surface area contributed by atoms with E-state index in [2.05, 4.69) is 17.1 Å². The van der Waals surface area contributed by atoms with Gasteiger partial charge in [-0.3, -0.25) is 4.79 Å². The lowest BCUT2D eigenvalue weighted by Crippen LogP contribution is -2.08. The van der Waals surface area contributed by atoms with Crippen LogP contribution in [0.3, 0.4) is 0 Å². The number of carbonyl (C=O) groups excluding carboxylic acids is 1. The van der Waals surface area contributed by atoms with E-state index in [-0.39, 0.29) is 12.4 Å². The molecule has 0 fully saturated rings. The second-order valence-electron chi connectivity index (χ2n) is 4.00. The summed E-state index contributed by atoms with van der Waals surface area (Å²) in [5.41, 5.74) is 1.62. The van der Waals surface area contributed by atoms with Gasteiger partial charge in [-0.05, 0) is 6.42 Å². The standard InChI is InChI=1S/C12H20N2O2S/c1-2-3-4-5-6-7-8-16-12(15)9-11-14-13-10-17-11/h10H,2-9H2,1H3. The van der Waals surface area contributed by atoms with Crippen LogP contribution in [0, 0.1) is 0 Å². The first-order chi connectivity index (χ1) is 8.33. The Kier molecular flexibility index (Phi) is 7.54. The van der Waals surface area contributed by atoms with Crippen LogP contribution in [-0.4, -0.2) is 22.8 Å². The molecule has 0 aliphatic heterocycles. The third-order valence-electron chi connectivity index (χ3n) is 2.46. The van der Waals surface area contributed by atoms with Gasteiger partial charge < -0.3 is 4.74 Å². The summed E-state index contributed by atoms with van der Waals surface area (Å²) in [5, 5.41) is 8.20. The van der Waals surface area contributed by atoms with E-state index in [1.165, 1.54) is 37.0 Å². The molecule has 96 valence electrons. The fourth-order valence-electron chi connectivity index (χ4n) is 1.52. The molecular formula is C12H20N2O2S. The van der Waals surface area contributed by atoms with Crippen LogP contribution >= 0.6 is 11.3 Å². The molecule has 1 aromatic heterocycles. The van der Waals surface area contributed by atoms with E-state index in [0.717, 1.165) is 17.8 Å². The summed E-state index contributed by atoms with van der Waals surface area (Å²) < 4.78 is 5.12. The van der Waals surface area contributed by atoms with Gasteiger partial charge in [-0.25, -0.2) is 0 Å². The third-order valence-corrected chi connectivity index (χ3v) is 3.16. The minimum atomic E-state index is -0.199. The minimum Gasteiger partial charge on any atom is -0.465 e. The van der Waals surface area contributed by atoms with Gasteiger partial charge in [0.25, 0.3) is 0 Å². The number of hydrogen-bond acceptors (Lipinski definition) is 5. The van der Waals surface area contributed by atoms with Gasteiger partial charge in [0.05, 0.1) is 13.0 Å². The summed E-state index contributed by atoms with van der Waals surface area (Å²) in [6.07, 6.45) is 7.45. The molecule has 0 unspecified atom stereocenters. The lowest BCUT2D eigenvalue weighted by Gasteiger charge is -2.03. The van der Waals surface area contributed by atoms with Crippen molar-refractivity contribution in [2.24, 2.45) is 0 Å². The van der Waals surface area contributed by atoms with E-state index in [4.69, 9.17) is 4.74 Å². The minimum absolute atomic E-state index is 0.199. The van der Waals surface area contributed by atoms with Gasteiger partial charge in [0.15, 0.2) is 0 Å². The Hall–Kier alpha value is -0.970. The van der Waals surface area contributed by atoms with Crippen LogP contribution in [0.5, 0.6) is 0 Å². The van der Waals surface area contributed by atoms with E-state index in [0.29, 0.717) is 6.61 Å². The number of unbranched alkanes of at least 4 members (excludes halogenated alkanes) is 5. The smallest absolute Gasteiger partial charge is 0.312 e. The highest BCUT2D eigenvalue weighted by Crippen LogP contribution is 2.06. The van der Waals surface area contributed by atoms with Crippen molar-refractivity contribution in [3.8, 4) is 0 Å². The highest BCUT2D eigenvalue weighted by Gasteiger charge is 2.06. The lowest BCUT2D eigenvalue weighted by molar-refractivity contribution is -0.142. The highest BCUT2D eigenvalue weighted by molar-refractivity contribution is 7.09. The van der Waals surface area contributed by atoms with E-state index in [1.807, 2.05) is 0 Å². The summed E-state index contributed by atoms with van der Waals surface area (Å²) in [6.45, 7) is 2.74. The van der Waals surface area contributed by atoms with Gasteiger partial charge in [0.1, 0.15) is 10.5 Å². The van der Waals surface area contributed by atoms with E-state index < -0.39 is 0 Å². The van der Waals surface area contributed by atoms with Gasteiger partial charge in [0.2, 0.25) is 0 Å². The summed E-state index contributed by atoms with van der Waals surface area (Å²) in [7, 11) is 0. The average Bonchev–Trinajstić information content (AvgIpc) is 2.80. The molecule has 0 radical (unpaired) electrons. The first-order valence-corrected chi connectivity index (χ1v) is 7.11. The van der Waals surface area contributed by atoms with Crippen molar-refractivity contribution >= 4 is 17.3 Å². The van der Waals surface area contributed by atoms with Crippen LogP contribution in [0.1, 0.15) is 50.5 Å². The van der Waals surface area contributed by atoms with Crippen LogP contribution in [0.4, 0.5) is 0 Å². The Labute approximate surface area is 106 Å². The van der Waals surface area contributed by atoms with Crippen molar-refractivity contribution in [1.82, 2.24) is 10.2 Å². The highest BCUT2D eigenvalue weighted by atomic mass is 32.1. The van der Waals surface area contributed by atoms with E-state index in [9.17, 15) is 4.79 Å². The zero-order valence-electron chi connectivity index (χ0n) is 10.4. The Morgan fingerprint density at radius 3 is 2.76 bits per heavy atom. The van der Waals surface area contributed by atoms with Gasteiger partial charge in [-0.2, -0.15) is 0 Å². The molecule has 5 heteroatoms. The van der Waals surface area contributed by atoms with Crippen LogP contribution in [0.2, 0.25) is 0 Å². The van der Waals surface area contributed by atoms with Crippen LogP contribution in [0.25, 0.3) is 0 Å². The molecule has 0 amide bonds. The fourth-order valence-corrected chi connectivity index (χ4v) is 2.03. The summed E-state index contributed by atoms with van der Waals surface area (Å²) >= 11 is 1.38. The number of hydrogen-bond donors (Lipinski definition) is 0. The number of ether oxygens (including phenoxy) is 1. The molecule has 1 rings (SSSR count). The van der Waals surface area contributed by atoms with Gasteiger partial charge in [-0.1, -0.05) is 39.0 Å². The fraction of sp³-hybridized carbons (Fsp3) is 0.750. The van der Waals surface area contributed by atoms with Gasteiger partial charge in [0, 0.05) is 0 Å². The molecule has 0 spiro atoms. The molecule has 1 aromatic rings. The molecule has 0 N–H and O–H groups in total. The maximum absolute atomic E-state index is 11.4. The van der Waals surface area contributed by atoms with Crippen LogP contribution < -0.4 is 0 Å². The Morgan fingerprint density at radius 1 is 1.29 bits per heavy atom. The Balaban J connectivity index is 1.94. The molecular weight excluding hydrogens is 236 g/mol. The van der Waals surface area contributed by atoms with Crippen molar-refractivity contribution in [3.63, 3.8) is 0 Å². The van der Waals surface area contributed by atoms with Crippen molar-refractivity contribution in [3.05, 3.63) is 10.5 Å². The zero-order valence-corrected chi connectivity index (χ0v) is 11.2. The van der Waals surface area contributed by atoms with Gasteiger partial charge >= 0.3 is 5.97 Å². The second-order valence-corrected chi connectivity index (χ2v) is 4.92. The average molecular weight is 256 g/mol. The zero-order chi connectivity index (χ0) is 12.3. The number of nitrogens with zero attached hydrogens (tertiary/aromatic N) is 2. The largest absolute Gasteiger partial charge is 0.465 e. The molecule has 0 saturated carbocycles. The molecule has 0 bridgehead atoms. The second kappa shape index (κ2) is 9.10. The first-order valence-electron chi connectivity index (χ1n) is 6.23. The maximum atomic E-state index is 11.4. The number of carbonyl (C=O) groups is 1. The topological polar surface area (TPSA) is 52.1 Å². The molecule has 0 aliphatic carbocycles. The number of rotatable bonds is 9. The summed E-state index contributed by atoms with van der Waals surface area (Å²) in [4.78, 5) is 11.4. The number of aromatic nitrogens is 2. The maximum Gasteiger partial charge on any atom is 0.312 e. The Bertz CT molecular complexity index is 301. The summed E-state index contributed by atoms with van der Waals surface area (Å²) in [6, 6.07) is 0. The SMILES string of the molecule is CCCCCCCCOC(=O)Cc1nncs1. The number of esters is 1. The predicted molar refractivity (Wildman–Crippen MR) is 67.9 cm³/mol. The quantitative estimate of drug-likeness (QED) is 0.503. The van der Waals surface area contributed by atoms with Crippen molar-refractivity contribution in [2.45, 2.75) is 51.9 Å². The van der Waals surface area contributed by atoms with Crippen molar-refractivity contribution in [1.29, 1.82) is 0 Å². The molecule has 0 atom stereocenters. The normalized spacial score (nSPS) is 10.4. The van der Waals surface area contributed by atoms with Crippen molar-refractivity contribution in [2.75, 3.05) is 6.61 Å². The van der Waals surface area contributed by atoms with E-state index in [1.54, 1.807) is 5.51 Å².